The topological polar surface area (TPSA) is 57.8 Å². The maximum absolute atomic E-state index is 12.3. The number of hydrogen-bond acceptors (Lipinski definition) is 2. The van der Waals surface area contributed by atoms with Crippen LogP contribution < -0.4 is 5.32 Å². The van der Waals surface area contributed by atoms with Crippen molar-refractivity contribution in [2.45, 2.75) is 20.3 Å². The minimum Gasteiger partial charge on any atom is -0.351 e. The first kappa shape index (κ1) is 13.9. The molecule has 0 atom stereocenters. The number of carbonyl (C=O) groups excluding carboxylic acids is 1. The van der Waals surface area contributed by atoms with Crippen LogP contribution in [0.4, 0.5) is 0 Å². The summed E-state index contributed by atoms with van der Waals surface area (Å²) in [6.07, 6.45) is 2.63. The van der Waals surface area contributed by atoms with E-state index in [1.165, 1.54) is 0 Å². The lowest BCUT2D eigenvalue weighted by molar-refractivity contribution is 0.0946. The second kappa shape index (κ2) is 6.07. The van der Waals surface area contributed by atoms with Crippen LogP contribution in [0.5, 0.6) is 0 Å². The third-order valence-corrected chi connectivity index (χ3v) is 3.13. The summed E-state index contributed by atoms with van der Waals surface area (Å²) in [6, 6.07) is 11.5. The number of benzene rings is 1. The second-order valence-electron chi connectivity index (χ2n) is 4.60. The van der Waals surface area contributed by atoms with Gasteiger partial charge < -0.3 is 9.88 Å². The molecule has 0 saturated carbocycles. The van der Waals surface area contributed by atoms with E-state index in [-0.39, 0.29) is 5.91 Å². The molecule has 1 aromatic carbocycles. The van der Waals surface area contributed by atoms with Crippen molar-refractivity contribution < 1.29 is 4.79 Å². The lowest BCUT2D eigenvalue weighted by Gasteiger charge is -2.12. The Morgan fingerprint density at radius 2 is 2.10 bits per heavy atom. The lowest BCUT2D eigenvalue weighted by atomic mass is 10.2. The zero-order chi connectivity index (χ0) is 14.5. The van der Waals surface area contributed by atoms with Crippen LogP contribution in [0, 0.1) is 18.3 Å². The Morgan fingerprint density at radius 3 is 2.75 bits per heavy atom. The Kier molecular flexibility index (Phi) is 4.21. The van der Waals surface area contributed by atoms with Crippen LogP contribution in [0.25, 0.3) is 5.69 Å². The molecule has 0 saturated heterocycles. The van der Waals surface area contributed by atoms with Crippen LogP contribution in [0.15, 0.2) is 36.5 Å². The van der Waals surface area contributed by atoms with Crippen molar-refractivity contribution in [3.8, 4) is 11.8 Å². The maximum Gasteiger partial charge on any atom is 0.269 e. The van der Waals surface area contributed by atoms with Crippen molar-refractivity contribution in [3.05, 3.63) is 53.3 Å². The minimum atomic E-state index is -0.211. The van der Waals surface area contributed by atoms with Gasteiger partial charge in [0.1, 0.15) is 11.8 Å². The molecule has 0 unspecified atom stereocenters. The Bertz CT molecular complexity index is 665. The van der Waals surface area contributed by atoms with E-state index >= 15 is 0 Å². The van der Waals surface area contributed by atoms with Crippen molar-refractivity contribution in [2.75, 3.05) is 6.54 Å². The van der Waals surface area contributed by atoms with Gasteiger partial charge in [-0.25, -0.2) is 0 Å². The Labute approximate surface area is 118 Å². The van der Waals surface area contributed by atoms with E-state index in [2.05, 4.69) is 11.4 Å². The quantitative estimate of drug-likeness (QED) is 0.926. The van der Waals surface area contributed by atoms with E-state index in [1.807, 2.05) is 38.1 Å². The number of hydrogen-bond donors (Lipinski definition) is 1. The number of amides is 1. The third-order valence-electron chi connectivity index (χ3n) is 3.13. The van der Waals surface area contributed by atoms with Crippen molar-refractivity contribution in [1.29, 1.82) is 5.26 Å². The van der Waals surface area contributed by atoms with Crippen molar-refractivity contribution >= 4 is 5.91 Å². The summed E-state index contributed by atoms with van der Waals surface area (Å²) in [4.78, 5) is 12.3. The molecule has 1 heterocycles. The molecule has 0 fully saturated rings. The molecule has 4 nitrogen and oxygen atoms in total. The molecule has 1 amide bonds. The van der Waals surface area contributed by atoms with Gasteiger partial charge in [0.15, 0.2) is 0 Å². The molecule has 102 valence electrons. The van der Waals surface area contributed by atoms with Gasteiger partial charge in [0.05, 0.1) is 5.56 Å². The lowest BCUT2D eigenvalue weighted by Crippen LogP contribution is -2.27. The molecule has 0 aliphatic heterocycles. The fourth-order valence-electron chi connectivity index (χ4n) is 2.11. The summed E-state index contributed by atoms with van der Waals surface area (Å²) in [6.45, 7) is 4.57. The smallest absolute Gasteiger partial charge is 0.269 e. The van der Waals surface area contributed by atoms with Gasteiger partial charge in [0, 0.05) is 18.4 Å². The summed E-state index contributed by atoms with van der Waals surface area (Å²) in [5, 5.41) is 12.0. The molecule has 1 aromatic heterocycles. The fraction of sp³-hybridized carbons (Fsp3) is 0.250. The van der Waals surface area contributed by atoms with Gasteiger partial charge in [-0.05, 0) is 31.0 Å². The van der Waals surface area contributed by atoms with E-state index in [4.69, 9.17) is 0 Å². The second-order valence-corrected chi connectivity index (χ2v) is 4.60. The van der Waals surface area contributed by atoms with E-state index in [1.54, 1.807) is 16.8 Å². The van der Waals surface area contributed by atoms with Gasteiger partial charge in [-0.3, -0.25) is 4.79 Å². The molecular weight excluding hydrogens is 250 g/mol. The summed E-state index contributed by atoms with van der Waals surface area (Å²) in [7, 11) is 0. The highest BCUT2D eigenvalue weighted by molar-refractivity contribution is 5.96. The zero-order valence-corrected chi connectivity index (χ0v) is 11.7. The molecule has 20 heavy (non-hydrogen) atoms. The van der Waals surface area contributed by atoms with E-state index in [0.717, 1.165) is 17.7 Å². The summed E-state index contributed by atoms with van der Waals surface area (Å²) in [5.74, 6) is -0.211. The number of nitrogens with one attached hydrogen (secondary N) is 1. The third kappa shape index (κ3) is 2.57. The molecule has 0 spiro atoms. The standard InChI is InChI=1S/C16H17N3O/c1-3-9-18-16(20)15-13(11-17)8-10-19(15)14-7-5-4-6-12(14)2/h4-8,10H,3,9H2,1-2H3,(H,18,20). The first-order chi connectivity index (χ1) is 9.69. The molecule has 0 aliphatic rings. The molecule has 0 bridgehead atoms. The number of nitriles is 1. The van der Waals surface area contributed by atoms with Crippen LogP contribution in [-0.2, 0) is 0 Å². The van der Waals surface area contributed by atoms with E-state index in [9.17, 15) is 10.1 Å². The highest BCUT2D eigenvalue weighted by Crippen LogP contribution is 2.19. The van der Waals surface area contributed by atoms with Gasteiger partial charge in [0.25, 0.3) is 5.91 Å². The number of aryl methyl sites for hydroxylation is 1. The number of carbonyl (C=O) groups is 1. The van der Waals surface area contributed by atoms with Crippen molar-refractivity contribution in [1.82, 2.24) is 9.88 Å². The van der Waals surface area contributed by atoms with Crippen LogP contribution in [0.3, 0.4) is 0 Å². The number of rotatable bonds is 4. The van der Waals surface area contributed by atoms with Gasteiger partial charge in [-0.15, -0.1) is 0 Å². The minimum absolute atomic E-state index is 0.211. The number of nitrogens with zero attached hydrogens (tertiary/aromatic N) is 2. The van der Waals surface area contributed by atoms with Crippen LogP contribution in [0.1, 0.15) is 35.0 Å². The SMILES string of the molecule is CCCNC(=O)c1c(C#N)ccn1-c1ccccc1C. The average Bonchev–Trinajstić information content (AvgIpc) is 2.89. The predicted molar refractivity (Wildman–Crippen MR) is 77.8 cm³/mol. The van der Waals surface area contributed by atoms with Gasteiger partial charge in [-0.2, -0.15) is 5.26 Å². The summed E-state index contributed by atoms with van der Waals surface area (Å²) in [5.41, 5.74) is 2.75. The monoisotopic (exact) mass is 267 g/mol. The van der Waals surface area contributed by atoms with Gasteiger partial charge >= 0.3 is 0 Å². The van der Waals surface area contributed by atoms with Crippen molar-refractivity contribution in [2.24, 2.45) is 0 Å². The summed E-state index contributed by atoms with van der Waals surface area (Å²) >= 11 is 0. The molecule has 4 heteroatoms. The molecule has 0 radical (unpaired) electrons. The van der Waals surface area contributed by atoms with E-state index < -0.39 is 0 Å². The fourth-order valence-corrected chi connectivity index (χ4v) is 2.11. The molecule has 2 rings (SSSR count). The van der Waals surface area contributed by atoms with Crippen LogP contribution in [0.2, 0.25) is 0 Å². The zero-order valence-electron chi connectivity index (χ0n) is 11.7. The molecular formula is C16H17N3O. The van der Waals surface area contributed by atoms with E-state index in [0.29, 0.717) is 17.8 Å². The number of aromatic nitrogens is 1. The number of para-hydroxylation sites is 1. The Balaban J connectivity index is 2.51. The normalized spacial score (nSPS) is 10.1. The maximum atomic E-state index is 12.3. The molecule has 1 N–H and O–H groups in total. The highest BCUT2D eigenvalue weighted by atomic mass is 16.1. The first-order valence-corrected chi connectivity index (χ1v) is 6.64. The van der Waals surface area contributed by atoms with Crippen molar-refractivity contribution in [3.63, 3.8) is 0 Å². The van der Waals surface area contributed by atoms with Gasteiger partial charge in [0.2, 0.25) is 0 Å². The molecule has 2 aromatic rings. The Morgan fingerprint density at radius 1 is 1.35 bits per heavy atom. The predicted octanol–water partition coefficient (Wildman–Crippen LogP) is 2.80. The average molecular weight is 267 g/mol. The Hall–Kier alpha value is -2.54. The largest absolute Gasteiger partial charge is 0.351 e. The van der Waals surface area contributed by atoms with Crippen LogP contribution >= 0.6 is 0 Å². The van der Waals surface area contributed by atoms with Crippen LogP contribution in [-0.4, -0.2) is 17.0 Å². The first-order valence-electron chi connectivity index (χ1n) is 6.64. The summed E-state index contributed by atoms with van der Waals surface area (Å²) < 4.78 is 1.78. The van der Waals surface area contributed by atoms with Gasteiger partial charge in [-0.1, -0.05) is 25.1 Å². The highest BCUT2D eigenvalue weighted by Gasteiger charge is 2.18. The molecule has 0 aliphatic carbocycles.